The third kappa shape index (κ3) is 4.01. The SMILES string of the molecule is CCC(C)(O)CNC(C)c1ccc(Cl)c(Cl)c1Cl. The molecule has 0 aliphatic carbocycles. The van der Waals surface area contributed by atoms with Gasteiger partial charge in [0.15, 0.2) is 0 Å². The maximum atomic E-state index is 9.94. The van der Waals surface area contributed by atoms with Crippen molar-refractivity contribution in [1.29, 1.82) is 0 Å². The summed E-state index contributed by atoms with van der Waals surface area (Å²) in [6.45, 7) is 6.19. The number of aliphatic hydroxyl groups is 1. The molecular formula is C13H18Cl3NO. The van der Waals surface area contributed by atoms with Gasteiger partial charge in [-0.2, -0.15) is 0 Å². The number of hydrogen-bond donors (Lipinski definition) is 2. The van der Waals surface area contributed by atoms with Crippen LogP contribution in [-0.2, 0) is 0 Å². The van der Waals surface area contributed by atoms with Crippen LogP contribution in [0.5, 0.6) is 0 Å². The van der Waals surface area contributed by atoms with E-state index in [4.69, 9.17) is 34.8 Å². The van der Waals surface area contributed by atoms with Gasteiger partial charge in [-0.15, -0.1) is 0 Å². The minimum absolute atomic E-state index is 0.00899. The molecule has 0 fully saturated rings. The average molecular weight is 311 g/mol. The molecule has 0 aliphatic rings. The summed E-state index contributed by atoms with van der Waals surface area (Å²) in [4.78, 5) is 0. The molecule has 0 heterocycles. The van der Waals surface area contributed by atoms with Crippen molar-refractivity contribution in [3.63, 3.8) is 0 Å². The van der Waals surface area contributed by atoms with Crippen molar-refractivity contribution in [3.05, 3.63) is 32.8 Å². The molecule has 0 radical (unpaired) electrons. The van der Waals surface area contributed by atoms with Gasteiger partial charge in [-0.25, -0.2) is 0 Å². The minimum atomic E-state index is -0.725. The minimum Gasteiger partial charge on any atom is -0.389 e. The fraction of sp³-hybridized carbons (Fsp3) is 0.538. The molecule has 1 rings (SSSR count). The average Bonchev–Trinajstić information content (AvgIpc) is 2.33. The summed E-state index contributed by atoms with van der Waals surface area (Å²) < 4.78 is 0. The second-order valence-corrected chi connectivity index (χ2v) is 5.88. The fourth-order valence-electron chi connectivity index (χ4n) is 1.48. The standard InChI is InChI=1S/C13H18Cl3NO/c1-4-13(3,18)7-17-8(2)9-5-6-10(14)12(16)11(9)15/h5-6,8,17-18H,4,7H2,1-3H3. The Morgan fingerprint density at radius 2 is 1.89 bits per heavy atom. The van der Waals surface area contributed by atoms with Gasteiger partial charge in [0.05, 0.1) is 20.7 Å². The maximum Gasteiger partial charge on any atom is 0.0781 e. The molecule has 1 aromatic carbocycles. The highest BCUT2D eigenvalue weighted by Gasteiger charge is 2.20. The van der Waals surface area contributed by atoms with Crippen LogP contribution in [0.25, 0.3) is 0 Å². The lowest BCUT2D eigenvalue weighted by molar-refractivity contribution is 0.0533. The number of hydrogen-bond acceptors (Lipinski definition) is 2. The first-order chi connectivity index (χ1) is 8.28. The molecule has 18 heavy (non-hydrogen) atoms. The number of benzene rings is 1. The molecule has 102 valence electrons. The van der Waals surface area contributed by atoms with Crippen LogP contribution < -0.4 is 5.32 Å². The van der Waals surface area contributed by atoms with Gasteiger partial charge < -0.3 is 10.4 Å². The molecule has 0 aromatic heterocycles. The van der Waals surface area contributed by atoms with E-state index >= 15 is 0 Å². The molecule has 0 amide bonds. The molecule has 2 unspecified atom stereocenters. The van der Waals surface area contributed by atoms with E-state index < -0.39 is 5.60 Å². The Hall–Kier alpha value is 0.01000. The van der Waals surface area contributed by atoms with Gasteiger partial charge in [0.25, 0.3) is 0 Å². The zero-order valence-electron chi connectivity index (χ0n) is 10.7. The van der Waals surface area contributed by atoms with Crippen LogP contribution in [0.2, 0.25) is 15.1 Å². The van der Waals surface area contributed by atoms with Crippen molar-refractivity contribution < 1.29 is 5.11 Å². The molecule has 2 nitrogen and oxygen atoms in total. The van der Waals surface area contributed by atoms with E-state index in [-0.39, 0.29) is 6.04 Å². The topological polar surface area (TPSA) is 32.3 Å². The monoisotopic (exact) mass is 309 g/mol. The van der Waals surface area contributed by atoms with Crippen molar-refractivity contribution >= 4 is 34.8 Å². The highest BCUT2D eigenvalue weighted by molar-refractivity contribution is 6.48. The van der Waals surface area contributed by atoms with Crippen molar-refractivity contribution in [2.75, 3.05) is 6.54 Å². The van der Waals surface area contributed by atoms with Crippen LogP contribution in [0.1, 0.15) is 38.8 Å². The largest absolute Gasteiger partial charge is 0.389 e. The lowest BCUT2D eigenvalue weighted by atomic mass is 10.0. The van der Waals surface area contributed by atoms with E-state index in [9.17, 15) is 5.11 Å². The van der Waals surface area contributed by atoms with Crippen LogP contribution in [0.15, 0.2) is 12.1 Å². The molecular weight excluding hydrogens is 293 g/mol. The van der Waals surface area contributed by atoms with Gasteiger partial charge in [-0.3, -0.25) is 0 Å². The molecule has 2 N–H and O–H groups in total. The molecule has 0 saturated carbocycles. The quantitative estimate of drug-likeness (QED) is 0.787. The molecule has 0 saturated heterocycles. The van der Waals surface area contributed by atoms with Crippen molar-refractivity contribution in [2.45, 2.75) is 38.8 Å². The van der Waals surface area contributed by atoms with Crippen molar-refractivity contribution in [1.82, 2.24) is 5.32 Å². The predicted octanol–water partition coefficient (Wildman–Crippen LogP) is 4.46. The van der Waals surface area contributed by atoms with Crippen LogP contribution in [0.4, 0.5) is 0 Å². The Morgan fingerprint density at radius 1 is 1.28 bits per heavy atom. The Labute approximate surface area is 123 Å². The van der Waals surface area contributed by atoms with Gasteiger partial charge >= 0.3 is 0 Å². The molecule has 0 bridgehead atoms. The number of nitrogens with one attached hydrogen (secondary N) is 1. The van der Waals surface area contributed by atoms with E-state index in [1.807, 2.05) is 19.9 Å². The van der Waals surface area contributed by atoms with Crippen LogP contribution in [0.3, 0.4) is 0 Å². The third-order valence-electron chi connectivity index (χ3n) is 3.08. The molecule has 0 spiro atoms. The van der Waals surface area contributed by atoms with E-state index in [1.165, 1.54) is 0 Å². The first kappa shape index (κ1) is 16.1. The molecule has 2 atom stereocenters. The van der Waals surface area contributed by atoms with Gasteiger partial charge in [-0.1, -0.05) is 47.8 Å². The summed E-state index contributed by atoms with van der Waals surface area (Å²) in [7, 11) is 0. The lowest BCUT2D eigenvalue weighted by Gasteiger charge is -2.25. The smallest absolute Gasteiger partial charge is 0.0781 e. The Kier molecular flexibility index (Phi) is 5.75. The van der Waals surface area contributed by atoms with Crippen LogP contribution in [-0.4, -0.2) is 17.3 Å². The van der Waals surface area contributed by atoms with Gasteiger partial charge in [-0.05, 0) is 31.9 Å². The fourth-order valence-corrected chi connectivity index (χ4v) is 2.19. The Balaban J connectivity index is 2.79. The molecule has 1 aromatic rings. The summed E-state index contributed by atoms with van der Waals surface area (Å²) in [5.74, 6) is 0. The van der Waals surface area contributed by atoms with E-state index in [2.05, 4.69) is 5.32 Å². The second-order valence-electron chi connectivity index (χ2n) is 4.72. The summed E-state index contributed by atoms with van der Waals surface area (Å²) >= 11 is 18.0. The summed E-state index contributed by atoms with van der Waals surface area (Å²) in [6.07, 6.45) is 0.682. The van der Waals surface area contributed by atoms with Crippen LogP contribution >= 0.6 is 34.8 Å². The van der Waals surface area contributed by atoms with Gasteiger partial charge in [0, 0.05) is 12.6 Å². The highest BCUT2D eigenvalue weighted by atomic mass is 35.5. The third-order valence-corrected chi connectivity index (χ3v) is 4.39. The molecule has 0 aliphatic heterocycles. The Morgan fingerprint density at radius 3 is 2.44 bits per heavy atom. The van der Waals surface area contributed by atoms with Gasteiger partial charge in [0.2, 0.25) is 0 Å². The van der Waals surface area contributed by atoms with Gasteiger partial charge in [0.1, 0.15) is 0 Å². The normalized spacial score (nSPS) is 16.4. The van der Waals surface area contributed by atoms with Crippen molar-refractivity contribution in [3.8, 4) is 0 Å². The molecule has 5 heteroatoms. The lowest BCUT2D eigenvalue weighted by Crippen LogP contribution is -2.38. The number of rotatable bonds is 5. The second kappa shape index (κ2) is 6.44. The summed E-state index contributed by atoms with van der Waals surface area (Å²) in [5.41, 5.74) is 0.148. The zero-order valence-corrected chi connectivity index (χ0v) is 13.0. The van der Waals surface area contributed by atoms with E-state index in [0.717, 1.165) is 5.56 Å². The Bertz CT molecular complexity index is 421. The predicted molar refractivity (Wildman–Crippen MR) is 78.8 cm³/mol. The van der Waals surface area contributed by atoms with E-state index in [0.29, 0.717) is 28.0 Å². The number of halogens is 3. The maximum absolute atomic E-state index is 9.94. The first-order valence-corrected chi connectivity index (χ1v) is 7.01. The summed E-state index contributed by atoms with van der Waals surface area (Å²) in [5, 5.41) is 14.5. The van der Waals surface area contributed by atoms with Crippen molar-refractivity contribution in [2.24, 2.45) is 0 Å². The van der Waals surface area contributed by atoms with E-state index in [1.54, 1.807) is 13.0 Å². The summed E-state index contributed by atoms with van der Waals surface area (Å²) in [6, 6.07) is 3.56. The highest BCUT2D eigenvalue weighted by Crippen LogP contribution is 2.35. The first-order valence-electron chi connectivity index (χ1n) is 5.87. The van der Waals surface area contributed by atoms with Crippen LogP contribution in [0, 0.1) is 0 Å². The zero-order chi connectivity index (χ0) is 13.9.